The Morgan fingerprint density at radius 2 is 2.12 bits per heavy atom. The molecular weight excluding hydrogens is 212 g/mol. The molecule has 1 aliphatic heterocycles. The fraction of sp³-hybridized carbons (Fsp3) is 0.571. The number of aryl methyl sites for hydroxylation is 2. The van der Waals surface area contributed by atoms with Gasteiger partial charge in [0.25, 0.3) is 0 Å². The summed E-state index contributed by atoms with van der Waals surface area (Å²) in [6.07, 6.45) is 3.47. The molecule has 0 aromatic heterocycles. The third kappa shape index (κ3) is 2.86. The van der Waals surface area contributed by atoms with Crippen LogP contribution < -0.4 is 11.3 Å². The summed E-state index contributed by atoms with van der Waals surface area (Å²) in [5.41, 5.74) is 6.99. The van der Waals surface area contributed by atoms with Gasteiger partial charge in [-0.05, 0) is 49.8 Å². The van der Waals surface area contributed by atoms with Crippen molar-refractivity contribution in [2.75, 3.05) is 6.61 Å². The van der Waals surface area contributed by atoms with Crippen LogP contribution in [0.25, 0.3) is 0 Å². The van der Waals surface area contributed by atoms with Crippen LogP contribution in [0.15, 0.2) is 18.2 Å². The second kappa shape index (κ2) is 5.63. The molecule has 2 rings (SSSR count). The van der Waals surface area contributed by atoms with Crippen molar-refractivity contribution in [1.29, 1.82) is 0 Å². The van der Waals surface area contributed by atoms with Crippen molar-refractivity contribution in [2.45, 2.75) is 45.3 Å². The molecule has 0 spiro atoms. The smallest absolute Gasteiger partial charge is 0.0745 e. The highest BCUT2D eigenvalue weighted by molar-refractivity contribution is 5.34. The zero-order chi connectivity index (χ0) is 12.3. The molecule has 2 atom stereocenters. The summed E-state index contributed by atoms with van der Waals surface area (Å²) in [4.78, 5) is 0. The molecule has 17 heavy (non-hydrogen) atoms. The van der Waals surface area contributed by atoms with Crippen LogP contribution in [0.3, 0.4) is 0 Å². The predicted octanol–water partition coefficient (Wildman–Crippen LogP) is 1.86. The van der Waals surface area contributed by atoms with Gasteiger partial charge in [0.1, 0.15) is 0 Å². The van der Waals surface area contributed by atoms with Gasteiger partial charge >= 0.3 is 0 Å². The van der Waals surface area contributed by atoms with Gasteiger partial charge in [-0.3, -0.25) is 11.3 Å². The number of nitrogens with two attached hydrogens (primary N) is 1. The molecule has 3 N–H and O–H groups in total. The quantitative estimate of drug-likeness (QED) is 0.617. The fourth-order valence-electron chi connectivity index (χ4n) is 2.61. The molecule has 1 aromatic carbocycles. The molecular formula is C14H22N2O. The van der Waals surface area contributed by atoms with Gasteiger partial charge in [0.15, 0.2) is 0 Å². The van der Waals surface area contributed by atoms with Gasteiger partial charge in [-0.2, -0.15) is 0 Å². The first-order chi connectivity index (χ1) is 8.22. The average Bonchev–Trinajstić information content (AvgIpc) is 2.82. The number of hydrogen-bond donors (Lipinski definition) is 2. The van der Waals surface area contributed by atoms with Gasteiger partial charge in [-0.1, -0.05) is 18.2 Å². The summed E-state index contributed by atoms with van der Waals surface area (Å²) in [7, 11) is 0. The Labute approximate surface area is 103 Å². The number of rotatable bonds is 4. The van der Waals surface area contributed by atoms with E-state index in [0.29, 0.717) is 0 Å². The molecule has 0 saturated carbocycles. The van der Waals surface area contributed by atoms with Gasteiger partial charge in [-0.25, -0.2) is 0 Å². The van der Waals surface area contributed by atoms with Crippen LogP contribution in [0.4, 0.5) is 0 Å². The molecule has 0 amide bonds. The van der Waals surface area contributed by atoms with Crippen LogP contribution in [0, 0.1) is 13.8 Å². The molecule has 2 unspecified atom stereocenters. The van der Waals surface area contributed by atoms with E-state index in [4.69, 9.17) is 10.6 Å². The minimum absolute atomic E-state index is 0.220. The Bertz CT molecular complexity index is 352. The predicted molar refractivity (Wildman–Crippen MR) is 69.7 cm³/mol. The molecule has 1 fully saturated rings. The van der Waals surface area contributed by atoms with Crippen LogP contribution in [0.2, 0.25) is 0 Å². The van der Waals surface area contributed by atoms with Crippen LogP contribution in [0.5, 0.6) is 0 Å². The maximum absolute atomic E-state index is 5.72. The highest BCUT2D eigenvalue weighted by atomic mass is 16.5. The Morgan fingerprint density at radius 1 is 1.41 bits per heavy atom. The SMILES string of the molecule is Cc1cccc(C)c1CC(NN)C1CCCO1. The summed E-state index contributed by atoms with van der Waals surface area (Å²) < 4.78 is 5.72. The largest absolute Gasteiger partial charge is 0.377 e. The minimum atomic E-state index is 0.220. The third-order valence-corrected chi connectivity index (χ3v) is 3.70. The first-order valence-corrected chi connectivity index (χ1v) is 6.35. The molecule has 0 aliphatic carbocycles. The van der Waals surface area contributed by atoms with Gasteiger partial charge in [0.05, 0.1) is 12.1 Å². The van der Waals surface area contributed by atoms with E-state index in [0.717, 1.165) is 25.9 Å². The Balaban J connectivity index is 2.12. The number of nitrogens with one attached hydrogen (secondary N) is 1. The topological polar surface area (TPSA) is 47.3 Å². The maximum Gasteiger partial charge on any atom is 0.0745 e. The number of benzene rings is 1. The van der Waals surface area contributed by atoms with Crippen molar-refractivity contribution < 1.29 is 4.74 Å². The molecule has 0 bridgehead atoms. The van der Waals surface area contributed by atoms with Crippen molar-refractivity contribution in [3.63, 3.8) is 0 Å². The highest BCUT2D eigenvalue weighted by Crippen LogP contribution is 2.21. The van der Waals surface area contributed by atoms with Crippen LogP contribution in [-0.2, 0) is 11.2 Å². The minimum Gasteiger partial charge on any atom is -0.377 e. The summed E-state index contributed by atoms with van der Waals surface area (Å²) in [5, 5.41) is 0. The average molecular weight is 234 g/mol. The third-order valence-electron chi connectivity index (χ3n) is 3.70. The van der Waals surface area contributed by atoms with Crippen molar-refractivity contribution in [2.24, 2.45) is 5.84 Å². The molecule has 1 aliphatic rings. The molecule has 3 nitrogen and oxygen atoms in total. The van der Waals surface area contributed by atoms with Crippen molar-refractivity contribution in [3.8, 4) is 0 Å². The first kappa shape index (κ1) is 12.6. The van der Waals surface area contributed by atoms with Gasteiger partial charge in [0, 0.05) is 6.61 Å². The van der Waals surface area contributed by atoms with E-state index < -0.39 is 0 Å². The normalized spacial score (nSPS) is 21.7. The zero-order valence-electron chi connectivity index (χ0n) is 10.7. The number of hydrogen-bond acceptors (Lipinski definition) is 3. The highest BCUT2D eigenvalue weighted by Gasteiger charge is 2.25. The molecule has 94 valence electrons. The van der Waals surface area contributed by atoms with Crippen LogP contribution >= 0.6 is 0 Å². The second-order valence-electron chi connectivity index (χ2n) is 4.90. The van der Waals surface area contributed by atoms with E-state index in [1.165, 1.54) is 16.7 Å². The van der Waals surface area contributed by atoms with Gasteiger partial charge in [-0.15, -0.1) is 0 Å². The Morgan fingerprint density at radius 3 is 2.65 bits per heavy atom. The summed E-state index contributed by atoms with van der Waals surface area (Å²) in [6, 6.07) is 6.64. The van der Waals surface area contributed by atoms with Gasteiger partial charge < -0.3 is 4.74 Å². The Kier molecular flexibility index (Phi) is 4.15. The van der Waals surface area contributed by atoms with E-state index in [2.05, 4.69) is 37.5 Å². The second-order valence-corrected chi connectivity index (χ2v) is 4.90. The van der Waals surface area contributed by atoms with E-state index in [-0.39, 0.29) is 12.1 Å². The van der Waals surface area contributed by atoms with Crippen LogP contribution in [0.1, 0.15) is 29.5 Å². The van der Waals surface area contributed by atoms with E-state index in [9.17, 15) is 0 Å². The molecule has 0 radical (unpaired) electrons. The van der Waals surface area contributed by atoms with Crippen LogP contribution in [-0.4, -0.2) is 18.8 Å². The lowest BCUT2D eigenvalue weighted by molar-refractivity contribution is 0.0783. The number of hydrazine groups is 1. The standard InChI is InChI=1S/C14H22N2O/c1-10-5-3-6-11(2)12(10)9-13(16-15)14-7-4-8-17-14/h3,5-6,13-14,16H,4,7-9,15H2,1-2H3. The lowest BCUT2D eigenvalue weighted by Crippen LogP contribution is -2.45. The van der Waals surface area contributed by atoms with Gasteiger partial charge in [0.2, 0.25) is 0 Å². The number of ether oxygens (including phenoxy) is 1. The van der Waals surface area contributed by atoms with Crippen molar-refractivity contribution >= 4 is 0 Å². The summed E-state index contributed by atoms with van der Waals surface area (Å²) >= 11 is 0. The molecule has 1 aromatic rings. The first-order valence-electron chi connectivity index (χ1n) is 6.35. The fourth-order valence-corrected chi connectivity index (χ4v) is 2.61. The van der Waals surface area contributed by atoms with E-state index in [1.807, 2.05) is 0 Å². The lowest BCUT2D eigenvalue weighted by atomic mass is 9.93. The monoisotopic (exact) mass is 234 g/mol. The van der Waals surface area contributed by atoms with E-state index in [1.54, 1.807) is 0 Å². The Hall–Kier alpha value is -0.900. The molecule has 1 heterocycles. The zero-order valence-corrected chi connectivity index (χ0v) is 10.7. The molecule has 3 heteroatoms. The van der Waals surface area contributed by atoms with Crippen molar-refractivity contribution in [1.82, 2.24) is 5.43 Å². The van der Waals surface area contributed by atoms with Crippen molar-refractivity contribution in [3.05, 3.63) is 34.9 Å². The summed E-state index contributed by atoms with van der Waals surface area (Å²) in [5.74, 6) is 5.67. The van der Waals surface area contributed by atoms with E-state index >= 15 is 0 Å². The maximum atomic E-state index is 5.72. The summed E-state index contributed by atoms with van der Waals surface area (Å²) in [6.45, 7) is 5.19. The molecule has 1 saturated heterocycles. The lowest BCUT2D eigenvalue weighted by Gasteiger charge is -2.23.